The highest BCUT2D eigenvalue weighted by molar-refractivity contribution is 5.57. The summed E-state index contributed by atoms with van der Waals surface area (Å²) in [5.41, 5.74) is 4.17. The molecule has 2 heterocycles. The summed E-state index contributed by atoms with van der Waals surface area (Å²) in [4.78, 5) is 9.14. The summed E-state index contributed by atoms with van der Waals surface area (Å²) < 4.78 is 2.31. The molecular formula is C16H22N4. The van der Waals surface area contributed by atoms with Gasteiger partial charge >= 0.3 is 0 Å². The summed E-state index contributed by atoms with van der Waals surface area (Å²) in [5, 5.41) is 3.46. The van der Waals surface area contributed by atoms with Crippen molar-refractivity contribution >= 4 is 11.6 Å². The van der Waals surface area contributed by atoms with Crippen molar-refractivity contribution in [1.82, 2.24) is 14.5 Å². The molecule has 0 bridgehead atoms. The third kappa shape index (κ3) is 2.55. The third-order valence-corrected chi connectivity index (χ3v) is 4.04. The van der Waals surface area contributed by atoms with Gasteiger partial charge in [-0.3, -0.25) is 4.98 Å². The molecule has 0 saturated heterocycles. The minimum Gasteiger partial charge on any atom is -0.324 e. The summed E-state index contributed by atoms with van der Waals surface area (Å²) in [6.07, 6.45) is 7.33. The zero-order valence-electron chi connectivity index (χ0n) is 12.5. The lowest BCUT2D eigenvalue weighted by molar-refractivity contribution is 0.524. The van der Waals surface area contributed by atoms with Gasteiger partial charge in [0, 0.05) is 17.9 Å². The molecular weight excluding hydrogens is 248 g/mol. The quantitative estimate of drug-likeness (QED) is 0.914. The summed E-state index contributed by atoms with van der Waals surface area (Å²) in [5.74, 6) is 0.947. The molecule has 106 valence electrons. The second-order valence-electron chi connectivity index (χ2n) is 5.76. The molecule has 0 amide bonds. The van der Waals surface area contributed by atoms with E-state index in [1.165, 1.54) is 25.7 Å². The van der Waals surface area contributed by atoms with Crippen LogP contribution in [0, 0.1) is 20.8 Å². The summed E-state index contributed by atoms with van der Waals surface area (Å²) in [6, 6.07) is 4.71. The Bertz CT molecular complexity index is 609. The molecule has 2 aromatic rings. The Morgan fingerprint density at radius 1 is 1.05 bits per heavy atom. The molecule has 0 atom stereocenters. The van der Waals surface area contributed by atoms with Crippen LogP contribution in [0.2, 0.25) is 0 Å². The second kappa shape index (κ2) is 5.27. The highest BCUT2D eigenvalue weighted by atomic mass is 15.2. The third-order valence-electron chi connectivity index (χ3n) is 4.04. The molecule has 1 N–H and O–H groups in total. The van der Waals surface area contributed by atoms with Gasteiger partial charge in [0.25, 0.3) is 0 Å². The molecule has 0 radical (unpaired) electrons. The minimum atomic E-state index is 0.595. The first-order valence-electron chi connectivity index (χ1n) is 7.40. The molecule has 3 rings (SSSR count). The molecule has 1 fully saturated rings. The van der Waals surface area contributed by atoms with E-state index in [1.807, 2.05) is 19.9 Å². The van der Waals surface area contributed by atoms with Crippen LogP contribution in [-0.2, 0) is 0 Å². The number of anilines is 2. The first-order valence-corrected chi connectivity index (χ1v) is 7.40. The molecule has 0 spiro atoms. The Morgan fingerprint density at radius 3 is 2.50 bits per heavy atom. The van der Waals surface area contributed by atoms with Crippen LogP contribution in [0.3, 0.4) is 0 Å². The van der Waals surface area contributed by atoms with E-state index >= 15 is 0 Å². The first kappa shape index (κ1) is 13.2. The second-order valence-corrected chi connectivity index (χ2v) is 5.76. The van der Waals surface area contributed by atoms with E-state index in [2.05, 4.69) is 39.0 Å². The number of rotatable bonds is 3. The Kier molecular flexibility index (Phi) is 3.47. The van der Waals surface area contributed by atoms with Gasteiger partial charge in [-0.15, -0.1) is 0 Å². The van der Waals surface area contributed by atoms with Crippen molar-refractivity contribution in [3.63, 3.8) is 0 Å². The molecule has 0 aromatic carbocycles. The number of pyridine rings is 1. The average Bonchev–Trinajstić information content (AvgIpc) is 3.02. The largest absolute Gasteiger partial charge is 0.324 e. The van der Waals surface area contributed by atoms with E-state index in [9.17, 15) is 0 Å². The number of hydrogen-bond donors (Lipinski definition) is 1. The maximum atomic E-state index is 4.64. The number of hydrogen-bond acceptors (Lipinski definition) is 3. The number of aryl methyl sites for hydroxylation is 3. The van der Waals surface area contributed by atoms with E-state index in [0.29, 0.717) is 6.04 Å². The fraction of sp³-hybridized carbons (Fsp3) is 0.500. The fourth-order valence-corrected chi connectivity index (χ4v) is 3.01. The van der Waals surface area contributed by atoms with Gasteiger partial charge in [0.15, 0.2) is 0 Å². The van der Waals surface area contributed by atoms with Crippen molar-refractivity contribution in [3.05, 3.63) is 35.4 Å². The van der Waals surface area contributed by atoms with E-state index in [4.69, 9.17) is 0 Å². The molecule has 2 aromatic heterocycles. The molecule has 0 unspecified atom stereocenters. The zero-order chi connectivity index (χ0) is 14.1. The maximum absolute atomic E-state index is 4.64. The van der Waals surface area contributed by atoms with Gasteiger partial charge in [-0.1, -0.05) is 12.8 Å². The minimum absolute atomic E-state index is 0.595. The number of nitrogens with one attached hydrogen (secondary N) is 1. The molecule has 1 aliphatic rings. The van der Waals surface area contributed by atoms with Gasteiger partial charge in [-0.05, 0) is 45.7 Å². The molecule has 0 aliphatic heterocycles. The van der Waals surface area contributed by atoms with Gasteiger partial charge in [-0.2, -0.15) is 0 Å². The lowest BCUT2D eigenvalue weighted by Gasteiger charge is -2.16. The van der Waals surface area contributed by atoms with Gasteiger partial charge in [-0.25, -0.2) is 4.98 Å². The fourth-order valence-electron chi connectivity index (χ4n) is 3.01. The van der Waals surface area contributed by atoms with Crippen molar-refractivity contribution in [3.8, 4) is 0 Å². The predicted octanol–water partition coefficient (Wildman–Crippen LogP) is 4.06. The van der Waals surface area contributed by atoms with Crippen LogP contribution in [0.5, 0.6) is 0 Å². The van der Waals surface area contributed by atoms with E-state index in [1.54, 1.807) is 0 Å². The lowest BCUT2D eigenvalue weighted by atomic mass is 10.2. The molecule has 20 heavy (non-hydrogen) atoms. The maximum Gasteiger partial charge on any atom is 0.207 e. The van der Waals surface area contributed by atoms with Crippen molar-refractivity contribution < 1.29 is 0 Å². The highest BCUT2D eigenvalue weighted by Gasteiger charge is 2.20. The highest BCUT2D eigenvalue weighted by Crippen LogP contribution is 2.33. The van der Waals surface area contributed by atoms with Crippen molar-refractivity contribution in [2.24, 2.45) is 0 Å². The van der Waals surface area contributed by atoms with Crippen LogP contribution in [-0.4, -0.2) is 14.5 Å². The Morgan fingerprint density at radius 2 is 1.80 bits per heavy atom. The van der Waals surface area contributed by atoms with Gasteiger partial charge in [0.1, 0.15) is 0 Å². The normalized spacial score (nSPS) is 15.8. The smallest absolute Gasteiger partial charge is 0.207 e. The number of imidazole rings is 1. The van der Waals surface area contributed by atoms with Crippen LogP contribution in [0.4, 0.5) is 11.6 Å². The number of nitrogens with zero attached hydrogens (tertiary/aromatic N) is 3. The van der Waals surface area contributed by atoms with Crippen LogP contribution in [0.25, 0.3) is 0 Å². The van der Waals surface area contributed by atoms with Crippen LogP contribution >= 0.6 is 0 Å². The zero-order valence-corrected chi connectivity index (χ0v) is 12.5. The van der Waals surface area contributed by atoms with Crippen LogP contribution in [0.15, 0.2) is 18.3 Å². The van der Waals surface area contributed by atoms with Gasteiger partial charge < -0.3 is 9.88 Å². The van der Waals surface area contributed by atoms with Gasteiger partial charge in [0.2, 0.25) is 5.95 Å². The standard InChI is InChI=1S/C16H22N4/c1-11-8-9-15(13(3)17-11)19-16-18-12(2)10-20(16)14-6-4-5-7-14/h8-10,14H,4-7H2,1-3H3,(H,18,19). The summed E-state index contributed by atoms with van der Waals surface area (Å²) >= 11 is 0. The monoisotopic (exact) mass is 270 g/mol. The van der Waals surface area contributed by atoms with Crippen molar-refractivity contribution in [2.45, 2.75) is 52.5 Å². The van der Waals surface area contributed by atoms with Crippen molar-refractivity contribution in [2.75, 3.05) is 5.32 Å². The van der Waals surface area contributed by atoms with E-state index in [-0.39, 0.29) is 0 Å². The SMILES string of the molecule is Cc1ccc(Nc2nc(C)cn2C2CCCC2)c(C)n1. The molecule has 1 aliphatic carbocycles. The first-order chi connectivity index (χ1) is 9.63. The topological polar surface area (TPSA) is 42.7 Å². The lowest BCUT2D eigenvalue weighted by Crippen LogP contribution is -2.08. The predicted molar refractivity (Wildman–Crippen MR) is 81.5 cm³/mol. The van der Waals surface area contributed by atoms with E-state index < -0.39 is 0 Å². The Labute approximate surface area is 120 Å². The van der Waals surface area contributed by atoms with Crippen LogP contribution in [0.1, 0.15) is 48.8 Å². The van der Waals surface area contributed by atoms with Crippen LogP contribution < -0.4 is 5.32 Å². The molecule has 4 nitrogen and oxygen atoms in total. The average molecular weight is 270 g/mol. The summed E-state index contributed by atoms with van der Waals surface area (Å²) in [7, 11) is 0. The Hall–Kier alpha value is -1.84. The van der Waals surface area contributed by atoms with Crippen molar-refractivity contribution in [1.29, 1.82) is 0 Å². The van der Waals surface area contributed by atoms with E-state index in [0.717, 1.165) is 28.7 Å². The summed E-state index contributed by atoms with van der Waals surface area (Å²) in [6.45, 7) is 6.10. The Balaban J connectivity index is 1.90. The number of aromatic nitrogens is 3. The molecule has 4 heteroatoms. The van der Waals surface area contributed by atoms with Gasteiger partial charge in [0.05, 0.1) is 17.1 Å². The molecule has 1 saturated carbocycles.